The first kappa shape index (κ1) is 15.6. The Kier molecular flexibility index (Phi) is 3.85. The van der Waals surface area contributed by atoms with Gasteiger partial charge in [0, 0.05) is 28.9 Å². The summed E-state index contributed by atoms with van der Waals surface area (Å²) in [5, 5.41) is 0. The largest absolute Gasteiger partial charge is 0.292 e. The van der Waals surface area contributed by atoms with Crippen LogP contribution >= 0.6 is 11.3 Å². The highest BCUT2D eigenvalue weighted by atomic mass is 32.1. The lowest BCUT2D eigenvalue weighted by Crippen LogP contribution is -2.22. The number of thiazole rings is 1. The minimum Gasteiger partial charge on any atom is -0.292 e. The molecule has 2 aromatic heterocycles. The van der Waals surface area contributed by atoms with E-state index in [-0.39, 0.29) is 5.91 Å². The molecule has 0 fully saturated rings. The third-order valence-electron chi connectivity index (χ3n) is 3.34. The van der Waals surface area contributed by atoms with E-state index in [0.29, 0.717) is 4.80 Å². The molecule has 0 saturated heterocycles. The number of benzene rings is 1. The minimum atomic E-state index is -0.495. The van der Waals surface area contributed by atoms with Gasteiger partial charge in [0.2, 0.25) is 0 Å². The first-order valence-electron chi connectivity index (χ1n) is 7.34. The van der Waals surface area contributed by atoms with Crippen LogP contribution in [0.25, 0.3) is 16.7 Å². The van der Waals surface area contributed by atoms with E-state index in [1.54, 1.807) is 12.4 Å². The predicted molar refractivity (Wildman–Crippen MR) is 91.5 cm³/mol. The van der Waals surface area contributed by atoms with Gasteiger partial charge in [-0.15, -0.1) is 11.3 Å². The van der Waals surface area contributed by atoms with Crippen LogP contribution in [-0.4, -0.2) is 20.4 Å². The molecular weight excluding hydrogens is 308 g/mol. The van der Waals surface area contributed by atoms with Crippen LogP contribution in [0.3, 0.4) is 0 Å². The van der Waals surface area contributed by atoms with Crippen molar-refractivity contribution in [3.63, 3.8) is 0 Å². The van der Waals surface area contributed by atoms with Crippen molar-refractivity contribution >= 4 is 28.3 Å². The van der Waals surface area contributed by atoms with Gasteiger partial charge < -0.3 is 0 Å². The zero-order valence-corrected chi connectivity index (χ0v) is 14.4. The van der Waals surface area contributed by atoms with E-state index in [1.807, 2.05) is 56.7 Å². The zero-order valence-electron chi connectivity index (χ0n) is 13.6. The van der Waals surface area contributed by atoms with E-state index in [4.69, 9.17) is 0 Å². The number of carbonyl (C=O) groups is 1. The second kappa shape index (κ2) is 5.70. The average molecular weight is 326 g/mol. The van der Waals surface area contributed by atoms with Crippen molar-refractivity contribution in [1.29, 1.82) is 0 Å². The van der Waals surface area contributed by atoms with Crippen molar-refractivity contribution in [3.05, 3.63) is 46.5 Å². The van der Waals surface area contributed by atoms with Gasteiger partial charge in [-0.05, 0) is 25.1 Å². The summed E-state index contributed by atoms with van der Waals surface area (Å²) in [7, 11) is 0. The highest BCUT2D eigenvalue weighted by molar-refractivity contribution is 7.09. The molecule has 3 aromatic rings. The van der Waals surface area contributed by atoms with Crippen LogP contribution in [0.4, 0.5) is 0 Å². The van der Waals surface area contributed by atoms with Crippen LogP contribution in [-0.2, 0) is 4.79 Å². The molecule has 3 rings (SSSR count). The molecule has 2 heterocycles. The summed E-state index contributed by atoms with van der Waals surface area (Å²) in [6.07, 6.45) is 5.33. The molecule has 0 aliphatic heterocycles. The molecule has 118 valence electrons. The molecule has 5 nitrogen and oxygen atoms in total. The number of hydrogen-bond donors (Lipinski definition) is 0. The number of amides is 1. The molecule has 0 bridgehead atoms. The van der Waals surface area contributed by atoms with Crippen LogP contribution in [0.5, 0.6) is 0 Å². The van der Waals surface area contributed by atoms with E-state index < -0.39 is 5.41 Å². The molecule has 0 radical (unpaired) electrons. The van der Waals surface area contributed by atoms with Crippen LogP contribution in [0.1, 0.15) is 25.6 Å². The summed E-state index contributed by atoms with van der Waals surface area (Å²) in [5.74, 6) is -0.131. The van der Waals surface area contributed by atoms with E-state index in [0.717, 1.165) is 21.6 Å². The SMILES string of the molecule is Cc1cn(-c2ccc3nccnc3c2)/c(=N/C(=O)C(C)(C)C)s1. The smallest absolute Gasteiger partial charge is 0.253 e. The quantitative estimate of drug-likeness (QED) is 0.689. The lowest BCUT2D eigenvalue weighted by Gasteiger charge is -2.12. The lowest BCUT2D eigenvalue weighted by atomic mass is 9.96. The fraction of sp³-hybridized carbons (Fsp3) is 0.294. The topological polar surface area (TPSA) is 60.1 Å². The second-order valence-electron chi connectivity index (χ2n) is 6.39. The number of carbonyl (C=O) groups excluding carboxylic acids is 1. The average Bonchev–Trinajstić information content (AvgIpc) is 2.86. The molecule has 1 amide bonds. The maximum atomic E-state index is 12.2. The highest BCUT2D eigenvalue weighted by Gasteiger charge is 2.21. The third-order valence-corrected chi connectivity index (χ3v) is 4.24. The Morgan fingerprint density at radius 3 is 2.57 bits per heavy atom. The lowest BCUT2D eigenvalue weighted by molar-refractivity contribution is -0.125. The van der Waals surface area contributed by atoms with E-state index >= 15 is 0 Å². The molecule has 0 atom stereocenters. The maximum absolute atomic E-state index is 12.2. The maximum Gasteiger partial charge on any atom is 0.253 e. The Morgan fingerprint density at radius 1 is 1.17 bits per heavy atom. The summed E-state index contributed by atoms with van der Waals surface area (Å²) in [4.78, 5) is 26.9. The van der Waals surface area contributed by atoms with Gasteiger partial charge in [0.25, 0.3) is 5.91 Å². The van der Waals surface area contributed by atoms with Gasteiger partial charge in [-0.2, -0.15) is 4.99 Å². The van der Waals surface area contributed by atoms with Crippen LogP contribution < -0.4 is 4.80 Å². The molecular formula is C17H18N4OS. The number of hydrogen-bond acceptors (Lipinski definition) is 4. The minimum absolute atomic E-state index is 0.131. The molecule has 0 N–H and O–H groups in total. The van der Waals surface area contributed by atoms with Gasteiger partial charge in [-0.3, -0.25) is 19.3 Å². The Labute approximate surface area is 138 Å². The van der Waals surface area contributed by atoms with Crippen LogP contribution in [0.15, 0.2) is 41.8 Å². The monoisotopic (exact) mass is 326 g/mol. The number of fused-ring (bicyclic) bond motifs is 1. The van der Waals surface area contributed by atoms with Gasteiger partial charge in [-0.25, -0.2) is 0 Å². The first-order valence-corrected chi connectivity index (χ1v) is 8.16. The Hall–Kier alpha value is -2.34. The van der Waals surface area contributed by atoms with Crippen LogP contribution in [0.2, 0.25) is 0 Å². The molecule has 0 spiro atoms. The Morgan fingerprint density at radius 2 is 1.87 bits per heavy atom. The highest BCUT2D eigenvalue weighted by Crippen LogP contribution is 2.17. The summed E-state index contributed by atoms with van der Waals surface area (Å²) >= 11 is 1.50. The van der Waals surface area contributed by atoms with Crippen LogP contribution in [0, 0.1) is 12.3 Å². The zero-order chi connectivity index (χ0) is 16.6. The van der Waals surface area contributed by atoms with Crippen molar-refractivity contribution < 1.29 is 4.79 Å². The fourth-order valence-electron chi connectivity index (χ4n) is 2.07. The number of nitrogens with zero attached hydrogens (tertiary/aromatic N) is 4. The standard InChI is InChI=1S/C17H18N4OS/c1-11-10-21(16(23-11)20-15(22)17(2,3)4)12-5-6-13-14(9-12)19-8-7-18-13/h5-10H,1-4H3/b20-16-. The van der Waals surface area contributed by atoms with E-state index in [2.05, 4.69) is 15.0 Å². The van der Waals surface area contributed by atoms with Gasteiger partial charge in [0.1, 0.15) is 0 Å². The number of rotatable bonds is 1. The third kappa shape index (κ3) is 3.22. The summed E-state index contributed by atoms with van der Waals surface area (Å²) in [6, 6.07) is 5.84. The molecule has 23 heavy (non-hydrogen) atoms. The predicted octanol–water partition coefficient (Wildman–Crippen LogP) is 3.26. The van der Waals surface area contributed by atoms with Gasteiger partial charge in [-0.1, -0.05) is 20.8 Å². The first-order chi connectivity index (χ1) is 10.8. The fourth-order valence-corrected chi connectivity index (χ4v) is 2.91. The Bertz CT molecular complexity index is 947. The van der Waals surface area contributed by atoms with Gasteiger partial charge >= 0.3 is 0 Å². The van der Waals surface area contributed by atoms with E-state index in [1.165, 1.54) is 11.3 Å². The van der Waals surface area contributed by atoms with Crippen molar-refractivity contribution in [2.75, 3.05) is 0 Å². The Balaban J connectivity index is 2.16. The second-order valence-corrected chi connectivity index (χ2v) is 7.60. The molecule has 0 aliphatic carbocycles. The summed E-state index contributed by atoms with van der Waals surface area (Å²) in [6.45, 7) is 7.61. The summed E-state index contributed by atoms with van der Waals surface area (Å²) in [5.41, 5.74) is 2.08. The molecule has 1 aromatic carbocycles. The normalized spacial score (nSPS) is 12.8. The number of aromatic nitrogens is 3. The van der Waals surface area contributed by atoms with Crippen molar-refractivity contribution in [1.82, 2.24) is 14.5 Å². The van der Waals surface area contributed by atoms with Crippen molar-refractivity contribution in [2.45, 2.75) is 27.7 Å². The van der Waals surface area contributed by atoms with Gasteiger partial charge in [0.15, 0.2) is 4.80 Å². The van der Waals surface area contributed by atoms with E-state index in [9.17, 15) is 4.79 Å². The molecule has 0 unspecified atom stereocenters. The molecule has 0 aliphatic rings. The number of aryl methyl sites for hydroxylation is 1. The van der Waals surface area contributed by atoms with Gasteiger partial charge in [0.05, 0.1) is 16.7 Å². The van der Waals surface area contributed by atoms with Crippen molar-refractivity contribution in [3.8, 4) is 5.69 Å². The molecule has 6 heteroatoms. The molecule has 0 saturated carbocycles. The van der Waals surface area contributed by atoms with Crippen molar-refractivity contribution in [2.24, 2.45) is 10.4 Å². The summed E-state index contributed by atoms with van der Waals surface area (Å²) < 4.78 is 1.93.